The van der Waals surface area contributed by atoms with Crippen molar-refractivity contribution in [1.29, 1.82) is 0 Å². The molecule has 0 aliphatic rings. The van der Waals surface area contributed by atoms with Gasteiger partial charge in [-0.05, 0) is 32.9 Å². The number of nitrogens with zero attached hydrogens (tertiary/aromatic N) is 2. The maximum atomic E-state index is 4.14. The molecule has 0 fully saturated rings. The summed E-state index contributed by atoms with van der Waals surface area (Å²) >= 11 is 0. The van der Waals surface area contributed by atoms with Crippen molar-refractivity contribution in [2.45, 2.75) is 32.9 Å². The van der Waals surface area contributed by atoms with E-state index in [-0.39, 0.29) is 5.54 Å². The van der Waals surface area contributed by atoms with Crippen molar-refractivity contribution >= 4 is 0 Å². The van der Waals surface area contributed by atoms with Crippen LogP contribution in [0.5, 0.6) is 0 Å². The lowest BCUT2D eigenvalue weighted by molar-refractivity contribution is 0.536. The highest BCUT2D eigenvalue weighted by molar-refractivity contribution is 5.02. The van der Waals surface area contributed by atoms with Crippen molar-refractivity contribution < 1.29 is 0 Å². The molecular formula is C9H15N3. The van der Waals surface area contributed by atoms with Gasteiger partial charge < -0.3 is 4.98 Å². The van der Waals surface area contributed by atoms with Crippen molar-refractivity contribution in [1.82, 2.24) is 4.98 Å². The third-order valence-corrected chi connectivity index (χ3v) is 1.27. The van der Waals surface area contributed by atoms with Crippen molar-refractivity contribution in [2.75, 3.05) is 0 Å². The van der Waals surface area contributed by atoms with Crippen LogP contribution in [0.2, 0.25) is 0 Å². The molecule has 0 saturated carbocycles. The van der Waals surface area contributed by atoms with Crippen LogP contribution in [0, 0.1) is 0 Å². The van der Waals surface area contributed by atoms with Gasteiger partial charge in [-0.1, -0.05) is 0 Å². The van der Waals surface area contributed by atoms with Gasteiger partial charge in [0.05, 0.1) is 12.1 Å². The van der Waals surface area contributed by atoms with Gasteiger partial charge in [-0.15, -0.1) is 0 Å². The molecule has 0 aromatic carbocycles. The van der Waals surface area contributed by atoms with Gasteiger partial charge >= 0.3 is 0 Å². The number of H-pyrrole nitrogens is 1. The maximum absolute atomic E-state index is 4.14. The molecule has 0 bridgehead atoms. The van der Waals surface area contributed by atoms with Crippen molar-refractivity contribution in [2.24, 2.45) is 10.2 Å². The molecule has 66 valence electrons. The summed E-state index contributed by atoms with van der Waals surface area (Å²) in [6.07, 6.45) is 1.89. The van der Waals surface area contributed by atoms with Crippen LogP contribution in [-0.4, -0.2) is 10.5 Å². The summed E-state index contributed by atoms with van der Waals surface area (Å²) in [6, 6.07) is 3.96. The minimum absolute atomic E-state index is 0.0629. The quantitative estimate of drug-likeness (QED) is 0.655. The minimum atomic E-state index is -0.0629. The van der Waals surface area contributed by atoms with Crippen LogP contribution < -0.4 is 0 Å². The van der Waals surface area contributed by atoms with Gasteiger partial charge in [0.15, 0.2) is 0 Å². The molecular weight excluding hydrogens is 150 g/mol. The number of rotatable bonds is 2. The van der Waals surface area contributed by atoms with Crippen LogP contribution in [0.25, 0.3) is 0 Å². The Labute approximate surface area is 72.9 Å². The first-order chi connectivity index (χ1) is 5.58. The van der Waals surface area contributed by atoms with E-state index in [9.17, 15) is 0 Å². The Morgan fingerprint density at radius 1 is 1.42 bits per heavy atom. The third-order valence-electron chi connectivity index (χ3n) is 1.27. The summed E-state index contributed by atoms with van der Waals surface area (Å²) in [5, 5.41) is 8.22. The molecule has 0 atom stereocenters. The summed E-state index contributed by atoms with van der Waals surface area (Å²) in [5.41, 5.74) is 1.04. The SMILES string of the molecule is CC(C)(C)N=NCc1ccc[nH]1. The summed E-state index contributed by atoms with van der Waals surface area (Å²) in [4.78, 5) is 3.07. The third kappa shape index (κ3) is 3.32. The molecule has 0 radical (unpaired) electrons. The Bertz CT molecular complexity index is 241. The Kier molecular flexibility index (Phi) is 2.63. The fourth-order valence-electron chi connectivity index (χ4n) is 0.790. The fourth-order valence-corrected chi connectivity index (χ4v) is 0.790. The second-order valence-corrected chi connectivity index (χ2v) is 3.77. The zero-order chi connectivity index (χ0) is 9.03. The van der Waals surface area contributed by atoms with Crippen LogP contribution >= 0.6 is 0 Å². The fraction of sp³-hybridized carbons (Fsp3) is 0.556. The molecule has 0 aliphatic heterocycles. The number of hydrogen-bond acceptors (Lipinski definition) is 2. The molecule has 12 heavy (non-hydrogen) atoms. The lowest BCUT2D eigenvalue weighted by atomic mass is 10.1. The predicted octanol–water partition coefficient (Wildman–Crippen LogP) is 2.77. The minimum Gasteiger partial charge on any atom is -0.363 e. The van der Waals surface area contributed by atoms with Gasteiger partial charge in [0.2, 0.25) is 0 Å². The molecule has 3 heteroatoms. The number of hydrogen-bond donors (Lipinski definition) is 1. The van der Waals surface area contributed by atoms with Crippen LogP contribution in [0.1, 0.15) is 26.5 Å². The van der Waals surface area contributed by atoms with E-state index >= 15 is 0 Å². The number of nitrogens with one attached hydrogen (secondary N) is 1. The molecule has 1 aromatic rings. The normalized spacial score (nSPS) is 12.6. The van der Waals surface area contributed by atoms with Crippen LogP contribution in [0.15, 0.2) is 28.6 Å². The average Bonchev–Trinajstić information content (AvgIpc) is 2.36. The van der Waals surface area contributed by atoms with Crippen LogP contribution in [0.3, 0.4) is 0 Å². The first-order valence-electron chi connectivity index (χ1n) is 4.09. The molecule has 0 aliphatic carbocycles. The second kappa shape index (κ2) is 3.52. The lowest BCUT2D eigenvalue weighted by Crippen LogP contribution is -2.07. The molecule has 1 heterocycles. The summed E-state index contributed by atoms with van der Waals surface area (Å²) in [6.45, 7) is 6.74. The smallest absolute Gasteiger partial charge is 0.0998 e. The van der Waals surface area contributed by atoms with E-state index in [4.69, 9.17) is 0 Å². The van der Waals surface area contributed by atoms with Crippen molar-refractivity contribution in [3.8, 4) is 0 Å². The zero-order valence-electron chi connectivity index (χ0n) is 7.83. The Morgan fingerprint density at radius 2 is 2.17 bits per heavy atom. The monoisotopic (exact) mass is 165 g/mol. The van der Waals surface area contributed by atoms with Gasteiger partial charge in [0, 0.05) is 11.9 Å². The Morgan fingerprint density at radius 3 is 2.67 bits per heavy atom. The van der Waals surface area contributed by atoms with Crippen LogP contribution in [0.4, 0.5) is 0 Å². The van der Waals surface area contributed by atoms with E-state index in [2.05, 4.69) is 15.2 Å². The molecule has 0 spiro atoms. The topological polar surface area (TPSA) is 40.5 Å². The van der Waals surface area contributed by atoms with E-state index < -0.39 is 0 Å². The molecule has 0 amide bonds. The predicted molar refractivity (Wildman–Crippen MR) is 49.1 cm³/mol. The summed E-state index contributed by atoms with van der Waals surface area (Å²) < 4.78 is 0. The molecule has 1 N–H and O–H groups in total. The molecule has 1 aromatic heterocycles. The van der Waals surface area contributed by atoms with Gasteiger partial charge in [0.25, 0.3) is 0 Å². The van der Waals surface area contributed by atoms with Crippen molar-refractivity contribution in [3.05, 3.63) is 24.0 Å². The molecule has 0 unspecified atom stereocenters. The van der Waals surface area contributed by atoms with Crippen LogP contribution in [-0.2, 0) is 6.54 Å². The summed E-state index contributed by atoms with van der Waals surface area (Å²) in [7, 11) is 0. The first kappa shape index (κ1) is 8.97. The Balaban J connectivity index is 2.41. The summed E-state index contributed by atoms with van der Waals surface area (Å²) in [5.74, 6) is 0. The van der Waals surface area contributed by atoms with E-state index in [0.717, 1.165) is 5.69 Å². The largest absolute Gasteiger partial charge is 0.363 e. The Hall–Kier alpha value is -1.12. The molecule has 3 nitrogen and oxygen atoms in total. The zero-order valence-corrected chi connectivity index (χ0v) is 7.83. The van der Waals surface area contributed by atoms with Gasteiger partial charge in [-0.2, -0.15) is 10.2 Å². The number of azo groups is 1. The second-order valence-electron chi connectivity index (χ2n) is 3.77. The highest BCUT2D eigenvalue weighted by Gasteiger charge is 2.05. The highest BCUT2D eigenvalue weighted by Crippen LogP contribution is 2.07. The number of aromatic amines is 1. The van der Waals surface area contributed by atoms with E-state index in [0.29, 0.717) is 6.54 Å². The van der Waals surface area contributed by atoms with Gasteiger partial charge in [-0.3, -0.25) is 0 Å². The lowest BCUT2D eigenvalue weighted by Gasteiger charge is -2.08. The van der Waals surface area contributed by atoms with E-state index in [1.807, 2.05) is 39.1 Å². The van der Waals surface area contributed by atoms with E-state index in [1.165, 1.54) is 0 Å². The first-order valence-corrected chi connectivity index (χ1v) is 4.09. The average molecular weight is 165 g/mol. The highest BCUT2D eigenvalue weighted by atomic mass is 15.1. The maximum Gasteiger partial charge on any atom is 0.0998 e. The molecule has 1 rings (SSSR count). The van der Waals surface area contributed by atoms with Gasteiger partial charge in [-0.25, -0.2) is 0 Å². The van der Waals surface area contributed by atoms with Crippen molar-refractivity contribution in [3.63, 3.8) is 0 Å². The number of aromatic nitrogens is 1. The van der Waals surface area contributed by atoms with E-state index in [1.54, 1.807) is 0 Å². The van der Waals surface area contributed by atoms with Gasteiger partial charge in [0.1, 0.15) is 0 Å². The molecule has 0 saturated heterocycles. The standard InChI is InChI=1S/C9H15N3/c1-9(2,3)12-11-7-8-5-4-6-10-8/h4-6,10H,7H2,1-3H3.